The van der Waals surface area contributed by atoms with Gasteiger partial charge < -0.3 is 5.32 Å². The maximum Gasteiger partial charge on any atom is 0.243 e. The van der Waals surface area contributed by atoms with Gasteiger partial charge in [0.25, 0.3) is 0 Å². The number of carbonyl (C=O) groups is 1. The molecule has 2 N–H and O–H groups in total. The summed E-state index contributed by atoms with van der Waals surface area (Å²) in [5.74, 6) is -0.494. The number of hydrogen-bond donors (Lipinski definition) is 2. The third kappa shape index (κ3) is 6.13. The summed E-state index contributed by atoms with van der Waals surface area (Å²) in [4.78, 5) is 12.7. The van der Waals surface area contributed by atoms with Crippen molar-refractivity contribution in [3.63, 3.8) is 0 Å². The van der Waals surface area contributed by atoms with E-state index < -0.39 is 38.0 Å². The van der Waals surface area contributed by atoms with Crippen molar-refractivity contribution in [1.82, 2.24) is 14.3 Å². The molecule has 2 aromatic carbocycles. The molecule has 2 unspecified atom stereocenters. The molecule has 2 aromatic rings. The quantitative estimate of drug-likeness (QED) is 0.557. The largest absolute Gasteiger partial charge is 0.348 e. The van der Waals surface area contributed by atoms with Crippen LogP contribution in [0.1, 0.15) is 39.3 Å². The number of rotatable bonds is 10. The van der Waals surface area contributed by atoms with Gasteiger partial charge in [0.2, 0.25) is 26.0 Å². The fourth-order valence-electron chi connectivity index (χ4n) is 3.02. The second kappa shape index (κ2) is 10.4. The average Bonchev–Trinajstić information content (AvgIpc) is 2.74. The fraction of sp³-hybridized carbons (Fsp3) is 0.381. The van der Waals surface area contributed by atoms with Crippen LogP contribution in [-0.2, 0) is 24.8 Å². The molecular formula is C21H29N3O5S2. The normalized spacial score (nSPS) is 14.2. The summed E-state index contributed by atoms with van der Waals surface area (Å²) < 4.78 is 53.7. The van der Waals surface area contributed by atoms with E-state index in [1.54, 1.807) is 51.1 Å². The summed E-state index contributed by atoms with van der Waals surface area (Å²) in [5, 5.41) is 2.75. The highest BCUT2D eigenvalue weighted by Gasteiger charge is 2.24. The van der Waals surface area contributed by atoms with Gasteiger partial charge in [-0.15, -0.1) is 0 Å². The maximum atomic E-state index is 12.6. The second-order valence-corrected chi connectivity index (χ2v) is 10.7. The molecule has 0 saturated heterocycles. The Labute approximate surface area is 184 Å². The Balaban J connectivity index is 2.06. The summed E-state index contributed by atoms with van der Waals surface area (Å²) in [5.41, 5.74) is 0.699. The van der Waals surface area contributed by atoms with Gasteiger partial charge in [-0.2, -0.15) is 9.03 Å². The van der Waals surface area contributed by atoms with Crippen LogP contribution in [-0.4, -0.2) is 46.2 Å². The fourth-order valence-corrected chi connectivity index (χ4v) is 5.70. The molecule has 0 aliphatic carbocycles. The average molecular weight is 468 g/mol. The summed E-state index contributed by atoms with van der Waals surface area (Å²) in [6, 6.07) is 12.7. The van der Waals surface area contributed by atoms with E-state index >= 15 is 0 Å². The van der Waals surface area contributed by atoms with Crippen LogP contribution < -0.4 is 10.0 Å². The molecule has 10 heteroatoms. The minimum atomic E-state index is -3.82. The molecule has 31 heavy (non-hydrogen) atoms. The van der Waals surface area contributed by atoms with Gasteiger partial charge in [0.05, 0.1) is 21.9 Å². The van der Waals surface area contributed by atoms with Crippen LogP contribution in [0, 0.1) is 0 Å². The Morgan fingerprint density at radius 2 is 1.42 bits per heavy atom. The second-order valence-electron chi connectivity index (χ2n) is 7.04. The Hall–Kier alpha value is -2.27. The van der Waals surface area contributed by atoms with Crippen molar-refractivity contribution in [3.8, 4) is 0 Å². The van der Waals surface area contributed by atoms with Crippen LogP contribution >= 0.6 is 0 Å². The number of hydrogen-bond acceptors (Lipinski definition) is 5. The predicted molar refractivity (Wildman–Crippen MR) is 119 cm³/mol. The molecule has 0 aliphatic rings. The molecule has 0 fully saturated rings. The molecule has 8 nitrogen and oxygen atoms in total. The minimum absolute atomic E-state index is 0.0766. The molecule has 1 amide bonds. The molecule has 0 saturated carbocycles. The molecule has 0 heterocycles. The molecular weight excluding hydrogens is 438 g/mol. The van der Waals surface area contributed by atoms with Crippen molar-refractivity contribution < 1.29 is 21.6 Å². The first-order chi connectivity index (χ1) is 14.5. The van der Waals surface area contributed by atoms with E-state index in [1.807, 2.05) is 0 Å². The lowest BCUT2D eigenvalue weighted by atomic mass is 10.1. The maximum absolute atomic E-state index is 12.6. The first-order valence-corrected chi connectivity index (χ1v) is 12.9. The first-order valence-electron chi connectivity index (χ1n) is 10.0. The molecule has 2 atom stereocenters. The highest BCUT2D eigenvalue weighted by molar-refractivity contribution is 7.89. The number of amides is 1. The summed E-state index contributed by atoms with van der Waals surface area (Å²) in [6.45, 7) is 7.51. The minimum Gasteiger partial charge on any atom is -0.348 e. The van der Waals surface area contributed by atoms with E-state index in [-0.39, 0.29) is 9.79 Å². The van der Waals surface area contributed by atoms with Crippen LogP contribution in [0.15, 0.2) is 64.4 Å². The van der Waals surface area contributed by atoms with E-state index in [1.165, 1.54) is 35.5 Å². The molecule has 0 radical (unpaired) electrons. The topological polar surface area (TPSA) is 113 Å². The van der Waals surface area contributed by atoms with E-state index in [0.717, 1.165) is 0 Å². The van der Waals surface area contributed by atoms with Gasteiger partial charge in [-0.05, 0) is 43.7 Å². The summed E-state index contributed by atoms with van der Waals surface area (Å²) >= 11 is 0. The van der Waals surface area contributed by atoms with Gasteiger partial charge in [-0.1, -0.05) is 44.2 Å². The van der Waals surface area contributed by atoms with Crippen molar-refractivity contribution in [1.29, 1.82) is 0 Å². The Bertz CT molecular complexity index is 1080. The highest BCUT2D eigenvalue weighted by Crippen LogP contribution is 2.19. The standard InChI is InChI=1S/C21H29N3O5S2/c1-5-24(6-2)31(28,29)20-14-12-18(13-15-20)16(3)22-21(25)17(4)23-30(26,27)19-10-8-7-9-11-19/h7-17,23H,5-6H2,1-4H3,(H,22,25). The number of sulfonamides is 2. The van der Waals surface area contributed by atoms with E-state index in [0.29, 0.717) is 18.7 Å². The molecule has 0 aromatic heterocycles. The van der Waals surface area contributed by atoms with E-state index in [9.17, 15) is 21.6 Å². The van der Waals surface area contributed by atoms with Crippen LogP contribution in [0.2, 0.25) is 0 Å². The van der Waals surface area contributed by atoms with Crippen LogP contribution in [0.25, 0.3) is 0 Å². The van der Waals surface area contributed by atoms with Gasteiger partial charge >= 0.3 is 0 Å². The Morgan fingerprint density at radius 3 is 1.94 bits per heavy atom. The monoisotopic (exact) mass is 467 g/mol. The van der Waals surface area contributed by atoms with Gasteiger partial charge in [-0.3, -0.25) is 4.79 Å². The smallest absolute Gasteiger partial charge is 0.243 e. The van der Waals surface area contributed by atoms with Crippen molar-refractivity contribution >= 4 is 26.0 Å². The van der Waals surface area contributed by atoms with Crippen molar-refractivity contribution in [3.05, 3.63) is 60.2 Å². The van der Waals surface area contributed by atoms with Crippen LogP contribution in [0.5, 0.6) is 0 Å². The van der Waals surface area contributed by atoms with Crippen molar-refractivity contribution in [2.45, 2.75) is 49.6 Å². The molecule has 2 rings (SSSR count). The number of benzene rings is 2. The molecule has 0 aliphatic heterocycles. The SMILES string of the molecule is CCN(CC)S(=O)(=O)c1ccc(C(C)NC(=O)C(C)NS(=O)(=O)c2ccccc2)cc1. The number of nitrogens with one attached hydrogen (secondary N) is 2. The lowest BCUT2D eigenvalue weighted by molar-refractivity contribution is -0.123. The first kappa shape index (κ1) is 25.0. The molecule has 0 bridgehead atoms. The lowest BCUT2D eigenvalue weighted by Crippen LogP contribution is -2.45. The van der Waals surface area contributed by atoms with Crippen LogP contribution in [0.4, 0.5) is 0 Å². The Kier molecular flexibility index (Phi) is 8.35. The van der Waals surface area contributed by atoms with Gasteiger partial charge in [0, 0.05) is 13.1 Å². The lowest BCUT2D eigenvalue weighted by Gasteiger charge is -2.20. The van der Waals surface area contributed by atoms with Crippen molar-refractivity contribution in [2.24, 2.45) is 0 Å². The van der Waals surface area contributed by atoms with Crippen LogP contribution in [0.3, 0.4) is 0 Å². The van der Waals surface area contributed by atoms with Crippen molar-refractivity contribution in [2.75, 3.05) is 13.1 Å². The van der Waals surface area contributed by atoms with E-state index in [4.69, 9.17) is 0 Å². The van der Waals surface area contributed by atoms with E-state index in [2.05, 4.69) is 10.0 Å². The summed E-state index contributed by atoms with van der Waals surface area (Å²) in [6.07, 6.45) is 0. The third-order valence-electron chi connectivity index (χ3n) is 4.86. The third-order valence-corrected chi connectivity index (χ3v) is 8.48. The predicted octanol–water partition coefficient (Wildman–Crippen LogP) is 2.26. The highest BCUT2D eigenvalue weighted by atomic mass is 32.2. The number of carbonyl (C=O) groups excluding carboxylic acids is 1. The van der Waals surface area contributed by atoms with Gasteiger partial charge in [0.15, 0.2) is 0 Å². The zero-order valence-electron chi connectivity index (χ0n) is 18.1. The molecule has 170 valence electrons. The molecule has 0 spiro atoms. The zero-order valence-corrected chi connectivity index (χ0v) is 19.7. The van der Waals surface area contributed by atoms with Gasteiger partial charge in [0.1, 0.15) is 0 Å². The van der Waals surface area contributed by atoms with Gasteiger partial charge in [-0.25, -0.2) is 16.8 Å². The zero-order chi connectivity index (χ0) is 23.2. The Morgan fingerprint density at radius 1 is 0.871 bits per heavy atom. The number of nitrogens with zero attached hydrogens (tertiary/aromatic N) is 1. The summed E-state index contributed by atoms with van der Waals surface area (Å²) in [7, 11) is -7.38.